The maximum Gasteiger partial charge on any atom is 0.254 e. The summed E-state index contributed by atoms with van der Waals surface area (Å²) in [5, 5.41) is 3.68. The molecule has 2 heterocycles. The summed E-state index contributed by atoms with van der Waals surface area (Å²) in [5.74, 6) is 1.14. The second-order valence-corrected chi connectivity index (χ2v) is 8.54. The van der Waals surface area contributed by atoms with E-state index < -0.39 is 0 Å². The topological polar surface area (TPSA) is 54.9 Å². The standard InChI is InChI=1S/C23H24ClN3O3S/c1-29-21-15-18(5-8-20(21)30-16-17-3-6-19(24)7-4-17)22(28)26-10-2-11-27(13-12-26)23-25-9-14-31-23/h3-9,14-15H,2,10-13,16H2,1H3. The van der Waals surface area contributed by atoms with Crippen molar-refractivity contribution in [1.29, 1.82) is 0 Å². The van der Waals surface area contributed by atoms with Gasteiger partial charge in [0.2, 0.25) is 0 Å². The number of benzene rings is 2. The molecule has 3 aromatic rings. The lowest BCUT2D eigenvalue weighted by Crippen LogP contribution is -2.35. The number of rotatable bonds is 6. The number of hydrogen-bond donors (Lipinski definition) is 0. The molecule has 0 spiro atoms. The van der Waals surface area contributed by atoms with E-state index >= 15 is 0 Å². The van der Waals surface area contributed by atoms with Crippen molar-refractivity contribution >= 4 is 34.0 Å². The van der Waals surface area contributed by atoms with Crippen LogP contribution in [0.5, 0.6) is 11.5 Å². The number of amides is 1. The van der Waals surface area contributed by atoms with Gasteiger partial charge in [-0.25, -0.2) is 4.98 Å². The van der Waals surface area contributed by atoms with E-state index in [-0.39, 0.29) is 5.91 Å². The van der Waals surface area contributed by atoms with Gasteiger partial charge in [-0.3, -0.25) is 4.79 Å². The molecule has 0 radical (unpaired) electrons. The van der Waals surface area contributed by atoms with Crippen LogP contribution in [0.3, 0.4) is 0 Å². The van der Waals surface area contributed by atoms with Crippen molar-refractivity contribution in [3.63, 3.8) is 0 Å². The van der Waals surface area contributed by atoms with E-state index in [9.17, 15) is 4.79 Å². The van der Waals surface area contributed by atoms with Crippen molar-refractivity contribution in [3.8, 4) is 11.5 Å². The predicted octanol–water partition coefficient (Wildman–Crippen LogP) is 4.74. The van der Waals surface area contributed by atoms with Gasteiger partial charge in [0.15, 0.2) is 16.6 Å². The largest absolute Gasteiger partial charge is 0.493 e. The average molecular weight is 458 g/mol. The molecule has 2 aromatic carbocycles. The second-order valence-electron chi connectivity index (χ2n) is 7.23. The van der Waals surface area contributed by atoms with Gasteiger partial charge in [-0.2, -0.15) is 0 Å². The van der Waals surface area contributed by atoms with E-state index in [1.54, 1.807) is 36.6 Å². The van der Waals surface area contributed by atoms with Crippen molar-refractivity contribution in [2.45, 2.75) is 13.0 Å². The van der Waals surface area contributed by atoms with Crippen LogP contribution in [-0.2, 0) is 6.61 Å². The normalized spacial score (nSPS) is 14.3. The Hall–Kier alpha value is -2.77. The molecule has 0 unspecified atom stereocenters. The Balaban J connectivity index is 1.41. The van der Waals surface area contributed by atoms with Crippen LogP contribution in [-0.4, -0.2) is 49.1 Å². The van der Waals surface area contributed by atoms with Crippen LogP contribution in [0.15, 0.2) is 54.0 Å². The Morgan fingerprint density at radius 1 is 1.10 bits per heavy atom. The third-order valence-corrected chi connectivity index (χ3v) is 6.28. The number of anilines is 1. The van der Waals surface area contributed by atoms with Gasteiger partial charge in [-0.1, -0.05) is 23.7 Å². The summed E-state index contributed by atoms with van der Waals surface area (Å²) in [6.45, 7) is 3.45. The number of carbonyl (C=O) groups excluding carboxylic acids is 1. The number of thiazole rings is 1. The molecule has 0 aliphatic carbocycles. The predicted molar refractivity (Wildman–Crippen MR) is 124 cm³/mol. The number of halogens is 1. The van der Waals surface area contributed by atoms with E-state index in [0.29, 0.717) is 35.2 Å². The molecular formula is C23H24ClN3O3S. The number of methoxy groups -OCH3 is 1. The maximum atomic E-state index is 13.1. The molecule has 4 rings (SSSR count). The lowest BCUT2D eigenvalue weighted by Gasteiger charge is -2.22. The monoisotopic (exact) mass is 457 g/mol. The van der Waals surface area contributed by atoms with E-state index in [4.69, 9.17) is 21.1 Å². The molecule has 31 heavy (non-hydrogen) atoms. The molecule has 162 valence electrons. The molecule has 6 nitrogen and oxygen atoms in total. The summed E-state index contributed by atoms with van der Waals surface area (Å²) >= 11 is 7.56. The van der Waals surface area contributed by atoms with Crippen LogP contribution >= 0.6 is 22.9 Å². The lowest BCUT2D eigenvalue weighted by atomic mass is 10.1. The first-order chi connectivity index (χ1) is 15.1. The number of aromatic nitrogens is 1. The molecule has 0 N–H and O–H groups in total. The van der Waals surface area contributed by atoms with Gasteiger partial charge in [0.05, 0.1) is 7.11 Å². The molecule has 8 heteroatoms. The molecule has 0 saturated carbocycles. The zero-order valence-electron chi connectivity index (χ0n) is 17.3. The highest BCUT2D eigenvalue weighted by molar-refractivity contribution is 7.13. The second kappa shape index (κ2) is 10.0. The van der Waals surface area contributed by atoms with E-state index in [1.807, 2.05) is 40.7 Å². The minimum Gasteiger partial charge on any atom is -0.493 e. The zero-order valence-corrected chi connectivity index (χ0v) is 18.9. The molecular weight excluding hydrogens is 434 g/mol. The van der Waals surface area contributed by atoms with Gasteiger partial charge in [0.1, 0.15) is 6.61 Å². The third-order valence-electron chi connectivity index (χ3n) is 5.19. The molecule has 1 fully saturated rings. The Bertz CT molecular complexity index is 1010. The summed E-state index contributed by atoms with van der Waals surface area (Å²) in [5.41, 5.74) is 1.60. The molecule has 1 aromatic heterocycles. The molecule has 1 aliphatic heterocycles. The molecule has 1 aliphatic rings. The number of hydrogen-bond acceptors (Lipinski definition) is 6. The van der Waals surface area contributed by atoms with Crippen molar-refractivity contribution < 1.29 is 14.3 Å². The third kappa shape index (κ3) is 5.29. The van der Waals surface area contributed by atoms with Gasteiger partial charge in [-0.05, 0) is 42.3 Å². The van der Waals surface area contributed by atoms with E-state index in [0.717, 1.165) is 36.8 Å². The summed E-state index contributed by atoms with van der Waals surface area (Å²) in [6, 6.07) is 12.8. The SMILES string of the molecule is COc1cc(C(=O)N2CCCN(c3nccs3)CC2)ccc1OCc1ccc(Cl)cc1. The van der Waals surface area contributed by atoms with Crippen molar-refractivity contribution in [2.75, 3.05) is 38.2 Å². The highest BCUT2D eigenvalue weighted by atomic mass is 35.5. The first-order valence-corrected chi connectivity index (χ1v) is 11.4. The number of ether oxygens (including phenoxy) is 2. The fourth-order valence-electron chi connectivity index (χ4n) is 3.53. The van der Waals surface area contributed by atoms with Crippen molar-refractivity contribution in [1.82, 2.24) is 9.88 Å². The summed E-state index contributed by atoms with van der Waals surface area (Å²) in [4.78, 5) is 21.7. The lowest BCUT2D eigenvalue weighted by molar-refractivity contribution is 0.0766. The summed E-state index contributed by atoms with van der Waals surface area (Å²) < 4.78 is 11.4. The van der Waals surface area contributed by atoms with Crippen LogP contribution in [0.4, 0.5) is 5.13 Å². The van der Waals surface area contributed by atoms with Crippen molar-refractivity contribution in [3.05, 3.63) is 70.2 Å². The Labute approximate surface area is 191 Å². The van der Waals surface area contributed by atoms with Gasteiger partial charge in [0, 0.05) is 48.3 Å². The molecule has 1 saturated heterocycles. The summed E-state index contributed by atoms with van der Waals surface area (Å²) in [7, 11) is 1.58. The van der Waals surface area contributed by atoms with Crippen LogP contribution in [0.25, 0.3) is 0 Å². The van der Waals surface area contributed by atoms with Crippen LogP contribution < -0.4 is 14.4 Å². The first kappa shape index (κ1) is 21.5. The number of nitrogens with zero attached hydrogens (tertiary/aromatic N) is 3. The maximum absolute atomic E-state index is 13.1. The average Bonchev–Trinajstić information content (AvgIpc) is 3.23. The smallest absolute Gasteiger partial charge is 0.254 e. The van der Waals surface area contributed by atoms with Gasteiger partial charge in [-0.15, -0.1) is 11.3 Å². The van der Waals surface area contributed by atoms with Gasteiger partial charge >= 0.3 is 0 Å². The Morgan fingerprint density at radius 3 is 2.68 bits per heavy atom. The van der Waals surface area contributed by atoms with Gasteiger partial charge < -0.3 is 19.3 Å². The molecule has 1 amide bonds. The summed E-state index contributed by atoms with van der Waals surface area (Å²) in [6.07, 6.45) is 2.72. The van der Waals surface area contributed by atoms with E-state index in [1.165, 1.54) is 0 Å². The van der Waals surface area contributed by atoms with Crippen LogP contribution in [0.2, 0.25) is 5.02 Å². The number of carbonyl (C=O) groups is 1. The van der Waals surface area contributed by atoms with Crippen molar-refractivity contribution in [2.24, 2.45) is 0 Å². The van der Waals surface area contributed by atoms with Crippen LogP contribution in [0, 0.1) is 0 Å². The van der Waals surface area contributed by atoms with Gasteiger partial charge in [0.25, 0.3) is 5.91 Å². The minimum absolute atomic E-state index is 0.00328. The first-order valence-electron chi connectivity index (χ1n) is 10.1. The highest BCUT2D eigenvalue weighted by Gasteiger charge is 2.22. The quantitative estimate of drug-likeness (QED) is 0.535. The van der Waals surface area contributed by atoms with E-state index in [2.05, 4.69) is 9.88 Å². The Morgan fingerprint density at radius 2 is 1.94 bits per heavy atom. The fraction of sp³-hybridized carbons (Fsp3) is 0.304. The highest BCUT2D eigenvalue weighted by Crippen LogP contribution is 2.30. The minimum atomic E-state index is 0.00328. The van der Waals surface area contributed by atoms with Crippen LogP contribution in [0.1, 0.15) is 22.3 Å². The zero-order chi connectivity index (χ0) is 21.6. The Kier molecular flexibility index (Phi) is 6.94. The fourth-order valence-corrected chi connectivity index (χ4v) is 4.35. The molecule has 0 bridgehead atoms. The molecule has 0 atom stereocenters.